The average Bonchev–Trinajstić information content (AvgIpc) is 3.22. The molecule has 6 nitrogen and oxygen atoms in total. The molecule has 2 aromatic carbocycles. The van der Waals surface area contributed by atoms with Crippen LogP contribution >= 0.6 is 11.6 Å². The topological polar surface area (TPSA) is 51.8 Å². The van der Waals surface area contributed by atoms with Gasteiger partial charge in [-0.3, -0.25) is 5.01 Å². The molecule has 0 fully saturated rings. The third-order valence-corrected chi connectivity index (χ3v) is 4.33. The Morgan fingerprint density at radius 1 is 1.04 bits per heavy atom. The number of nitrogens with zero attached hydrogens (tertiary/aromatic N) is 6. The third-order valence-electron chi connectivity index (χ3n) is 4.09. The van der Waals surface area contributed by atoms with Gasteiger partial charge in [0.05, 0.1) is 29.5 Å². The van der Waals surface area contributed by atoms with E-state index in [0.29, 0.717) is 18.1 Å². The van der Waals surface area contributed by atoms with Gasteiger partial charge in [0.1, 0.15) is 5.52 Å². The largest absolute Gasteiger partial charge is 0.287 e. The zero-order valence-electron chi connectivity index (χ0n) is 14.1. The van der Waals surface area contributed by atoms with Crippen LogP contribution in [0.25, 0.3) is 27.8 Å². The maximum absolute atomic E-state index is 6.25. The normalized spacial score (nSPS) is 11.1. The Labute approximate surface area is 155 Å². The molecule has 0 atom stereocenters. The lowest BCUT2D eigenvalue weighted by molar-refractivity contribution is 0.567. The van der Waals surface area contributed by atoms with Gasteiger partial charge in [-0.05, 0) is 30.3 Å². The van der Waals surface area contributed by atoms with Crippen molar-refractivity contribution in [1.29, 1.82) is 0 Å². The summed E-state index contributed by atoms with van der Waals surface area (Å²) in [7, 11) is 0. The zero-order valence-corrected chi connectivity index (χ0v) is 14.8. The SMILES string of the molecule is C=CCN(CC=C)n1nc2ccc(Cl)cc2c1-n1nnc2ccccc21. The van der Waals surface area contributed by atoms with E-state index in [2.05, 4.69) is 23.5 Å². The summed E-state index contributed by atoms with van der Waals surface area (Å²) in [6.07, 6.45) is 3.65. The molecule has 0 radical (unpaired) electrons. The van der Waals surface area contributed by atoms with Crippen molar-refractivity contribution in [2.45, 2.75) is 0 Å². The number of para-hydroxylation sites is 1. The van der Waals surface area contributed by atoms with Crippen molar-refractivity contribution >= 4 is 33.5 Å². The van der Waals surface area contributed by atoms with Crippen molar-refractivity contribution in [1.82, 2.24) is 24.9 Å². The van der Waals surface area contributed by atoms with Crippen LogP contribution in [0.4, 0.5) is 0 Å². The fourth-order valence-electron chi connectivity index (χ4n) is 2.98. The molecule has 2 heterocycles. The molecule has 0 amide bonds. The fraction of sp³-hybridized carbons (Fsp3) is 0.105. The molecule has 130 valence electrons. The van der Waals surface area contributed by atoms with Gasteiger partial charge in [0.2, 0.25) is 0 Å². The summed E-state index contributed by atoms with van der Waals surface area (Å²) in [5, 5.41) is 16.9. The smallest absolute Gasteiger partial charge is 0.185 e. The Hall–Kier alpha value is -3.12. The Bertz CT molecular complexity index is 1100. The van der Waals surface area contributed by atoms with E-state index in [1.807, 2.05) is 64.4 Å². The molecule has 0 aliphatic carbocycles. The Balaban J connectivity index is 2.04. The highest BCUT2D eigenvalue weighted by Gasteiger charge is 2.20. The van der Waals surface area contributed by atoms with Crippen molar-refractivity contribution in [2.75, 3.05) is 18.1 Å². The lowest BCUT2D eigenvalue weighted by Crippen LogP contribution is -2.37. The lowest BCUT2D eigenvalue weighted by atomic mass is 10.2. The molecule has 2 aromatic heterocycles. The number of hydrogen-bond donors (Lipinski definition) is 0. The molecule has 4 rings (SSSR count). The summed E-state index contributed by atoms with van der Waals surface area (Å²) >= 11 is 6.25. The monoisotopic (exact) mass is 364 g/mol. The molecule has 0 saturated heterocycles. The quantitative estimate of drug-likeness (QED) is 0.489. The van der Waals surface area contributed by atoms with E-state index in [4.69, 9.17) is 16.7 Å². The maximum Gasteiger partial charge on any atom is 0.185 e. The summed E-state index contributed by atoms with van der Waals surface area (Å²) < 4.78 is 1.79. The number of aromatic nitrogens is 5. The summed E-state index contributed by atoms with van der Waals surface area (Å²) in [6.45, 7) is 8.90. The predicted octanol–water partition coefficient (Wildman–Crippen LogP) is 3.73. The summed E-state index contributed by atoms with van der Waals surface area (Å²) in [6, 6.07) is 13.4. The van der Waals surface area contributed by atoms with Crippen LogP contribution in [0.3, 0.4) is 0 Å². The number of rotatable bonds is 6. The van der Waals surface area contributed by atoms with Gasteiger partial charge >= 0.3 is 0 Å². The molecule has 0 spiro atoms. The first-order chi connectivity index (χ1) is 12.7. The first kappa shape index (κ1) is 16.4. The van der Waals surface area contributed by atoms with Gasteiger partial charge < -0.3 is 0 Å². The molecule has 4 aromatic rings. The number of hydrogen-bond acceptors (Lipinski definition) is 4. The number of halogens is 1. The van der Waals surface area contributed by atoms with Crippen molar-refractivity contribution in [2.24, 2.45) is 0 Å². The van der Waals surface area contributed by atoms with E-state index in [1.165, 1.54) is 0 Å². The highest BCUT2D eigenvalue weighted by atomic mass is 35.5. The lowest BCUT2D eigenvalue weighted by Gasteiger charge is -2.23. The highest BCUT2D eigenvalue weighted by Crippen LogP contribution is 2.27. The zero-order chi connectivity index (χ0) is 18.1. The molecule has 0 unspecified atom stereocenters. The van der Waals surface area contributed by atoms with Crippen LogP contribution in [-0.4, -0.2) is 38.0 Å². The molecule has 26 heavy (non-hydrogen) atoms. The second kappa shape index (κ2) is 6.65. The average molecular weight is 365 g/mol. The molecular weight excluding hydrogens is 348 g/mol. The van der Waals surface area contributed by atoms with E-state index >= 15 is 0 Å². The second-order valence-corrected chi connectivity index (χ2v) is 6.25. The van der Waals surface area contributed by atoms with E-state index in [-0.39, 0.29) is 0 Å². The van der Waals surface area contributed by atoms with Crippen LogP contribution in [0.15, 0.2) is 67.8 Å². The van der Waals surface area contributed by atoms with Crippen LogP contribution in [-0.2, 0) is 0 Å². The van der Waals surface area contributed by atoms with Gasteiger partial charge in [-0.2, -0.15) is 14.6 Å². The molecule has 0 aliphatic heterocycles. The number of benzene rings is 2. The fourth-order valence-corrected chi connectivity index (χ4v) is 3.15. The minimum Gasteiger partial charge on any atom is -0.287 e. The maximum atomic E-state index is 6.25. The van der Waals surface area contributed by atoms with Crippen LogP contribution in [0.5, 0.6) is 0 Å². The standard InChI is InChI=1S/C19H17ClN6/c1-3-11-24(12-4-2)26-19(15-13-14(20)9-10-16(15)22-26)25-18-8-6-5-7-17(18)21-23-25/h3-10,13H,1-2,11-12H2. The van der Waals surface area contributed by atoms with Crippen LogP contribution < -0.4 is 5.01 Å². The van der Waals surface area contributed by atoms with Crippen molar-refractivity contribution in [3.05, 3.63) is 72.8 Å². The first-order valence-electron chi connectivity index (χ1n) is 8.19. The third kappa shape index (κ3) is 2.64. The summed E-state index contributed by atoms with van der Waals surface area (Å²) in [5.41, 5.74) is 2.53. The molecular formula is C19H17ClN6. The van der Waals surface area contributed by atoms with E-state index in [1.54, 1.807) is 4.68 Å². The van der Waals surface area contributed by atoms with Crippen LogP contribution in [0.2, 0.25) is 5.02 Å². The van der Waals surface area contributed by atoms with E-state index < -0.39 is 0 Å². The van der Waals surface area contributed by atoms with Gasteiger partial charge in [0, 0.05) is 5.02 Å². The van der Waals surface area contributed by atoms with Crippen LogP contribution in [0.1, 0.15) is 0 Å². The van der Waals surface area contributed by atoms with Crippen molar-refractivity contribution < 1.29 is 0 Å². The van der Waals surface area contributed by atoms with Crippen molar-refractivity contribution in [3.8, 4) is 5.82 Å². The molecule has 0 N–H and O–H groups in total. The molecule has 0 aliphatic rings. The van der Waals surface area contributed by atoms with Crippen LogP contribution in [0, 0.1) is 0 Å². The van der Waals surface area contributed by atoms with E-state index in [9.17, 15) is 0 Å². The minimum absolute atomic E-state index is 0.605. The summed E-state index contributed by atoms with van der Waals surface area (Å²) in [5.74, 6) is 0.778. The van der Waals surface area contributed by atoms with Gasteiger partial charge in [0.25, 0.3) is 0 Å². The molecule has 0 saturated carbocycles. The molecule has 0 bridgehead atoms. The number of fused-ring (bicyclic) bond motifs is 2. The second-order valence-electron chi connectivity index (χ2n) is 5.81. The van der Waals surface area contributed by atoms with Gasteiger partial charge in [-0.25, -0.2) is 0 Å². The van der Waals surface area contributed by atoms with Gasteiger partial charge in [0.15, 0.2) is 5.82 Å². The van der Waals surface area contributed by atoms with Gasteiger partial charge in [-0.1, -0.05) is 41.1 Å². The Morgan fingerprint density at radius 3 is 2.58 bits per heavy atom. The predicted molar refractivity (Wildman–Crippen MR) is 106 cm³/mol. The summed E-state index contributed by atoms with van der Waals surface area (Å²) in [4.78, 5) is 1.82. The minimum atomic E-state index is 0.605. The van der Waals surface area contributed by atoms with Gasteiger partial charge in [-0.15, -0.1) is 18.3 Å². The highest BCUT2D eigenvalue weighted by molar-refractivity contribution is 6.31. The Morgan fingerprint density at radius 2 is 1.81 bits per heavy atom. The van der Waals surface area contributed by atoms with Crippen molar-refractivity contribution in [3.63, 3.8) is 0 Å². The Kier molecular flexibility index (Phi) is 4.18. The van der Waals surface area contributed by atoms with E-state index in [0.717, 1.165) is 27.8 Å². The first-order valence-corrected chi connectivity index (χ1v) is 8.57. The molecule has 7 heteroatoms.